The molecular weight excluding hydrogens is 382 g/mol. The van der Waals surface area contributed by atoms with Crippen LogP contribution >= 0.6 is 11.6 Å². The van der Waals surface area contributed by atoms with Crippen LogP contribution in [0.5, 0.6) is 0 Å². The Morgan fingerprint density at radius 2 is 1.97 bits per heavy atom. The van der Waals surface area contributed by atoms with Crippen LogP contribution in [-0.4, -0.2) is 36.0 Å². The van der Waals surface area contributed by atoms with Crippen molar-refractivity contribution in [1.82, 2.24) is 5.32 Å². The molecule has 4 bridgehead atoms. The van der Waals surface area contributed by atoms with Crippen LogP contribution in [0.15, 0.2) is 30.3 Å². The van der Waals surface area contributed by atoms with Gasteiger partial charge in [-0.25, -0.2) is 0 Å². The maximum atomic E-state index is 13.9. The van der Waals surface area contributed by atoms with Crippen LogP contribution in [0.25, 0.3) is 0 Å². The van der Waals surface area contributed by atoms with Crippen molar-refractivity contribution < 1.29 is 9.90 Å². The predicted molar refractivity (Wildman–Crippen MR) is 116 cm³/mol. The van der Waals surface area contributed by atoms with Crippen LogP contribution in [0.3, 0.4) is 0 Å². The van der Waals surface area contributed by atoms with Gasteiger partial charge in [-0.05, 0) is 86.1 Å². The highest BCUT2D eigenvalue weighted by Gasteiger charge is 2.65. The summed E-state index contributed by atoms with van der Waals surface area (Å²) in [5, 5.41) is 13.7. The number of halogens is 1. The van der Waals surface area contributed by atoms with Gasteiger partial charge < -0.3 is 10.4 Å². The fourth-order valence-electron chi connectivity index (χ4n) is 8.13. The molecule has 4 heteroatoms. The summed E-state index contributed by atoms with van der Waals surface area (Å²) in [6.45, 7) is 1.53. The van der Waals surface area contributed by atoms with Crippen molar-refractivity contribution in [2.24, 2.45) is 22.7 Å². The molecule has 1 saturated heterocycles. The molecule has 2 unspecified atom stereocenters. The lowest BCUT2D eigenvalue weighted by atomic mass is 9.37. The lowest BCUT2D eigenvalue weighted by Crippen LogP contribution is -2.61. The smallest absolute Gasteiger partial charge is 0.139 e. The van der Waals surface area contributed by atoms with Crippen molar-refractivity contribution in [3.05, 3.63) is 35.9 Å². The van der Waals surface area contributed by atoms with Crippen LogP contribution in [0.1, 0.15) is 63.4 Å². The molecule has 0 aromatic heterocycles. The third-order valence-corrected chi connectivity index (χ3v) is 9.01. The summed E-state index contributed by atoms with van der Waals surface area (Å²) in [5.74, 6) is 1.88. The molecule has 0 radical (unpaired) electrons. The quantitative estimate of drug-likeness (QED) is 0.674. The number of alkyl halides is 1. The van der Waals surface area contributed by atoms with Gasteiger partial charge in [0.05, 0.1) is 6.10 Å². The van der Waals surface area contributed by atoms with Crippen molar-refractivity contribution in [2.45, 2.75) is 69.3 Å². The minimum absolute atomic E-state index is 0.119. The molecule has 0 amide bonds. The number of benzene rings is 1. The Bertz CT molecular complexity index is 769. The Kier molecular flexibility index (Phi) is 5.08. The second-order valence-corrected chi connectivity index (χ2v) is 11.2. The standard InChI is InChI=1S/C25H34ClNO2/c26-8-7-23-11-18-12-24(15-23,20-4-2-1-3-5-20)17-25(13-18,16-23)22(29)10-19-6-9-27-14-21(19)28/h1-5,18-19,21,27-28H,6-17H2/t18?,19-,21+,23+,24+,25?/m0/s1. The number of ketones is 1. The van der Waals surface area contributed by atoms with E-state index in [4.69, 9.17) is 11.6 Å². The first kappa shape index (κ1) is 20.0. The Hall–Kier alpha value is -0.900. The van der Waals surface area contributed by atoms with E-state index in [9.17, 15) is 9.90 Å². The van der Waals surface area contributed by atoms with E-state index in [1.807, 2.05) is 0 Å². The lowest BCUT2D eigenvalue weighted by Gasteiger charge is -2.66. The Morgan fingerprint density at radius 1 is 1.14 bits per heavy atom. The third kappa shape index (κ3) is 3.38. The van der Waals surface area contributed by atoms with E-state index < -0.39 is 0 Å². The normalized spacial score (nSPS) is 43.4. The van der Waals surface area contributed by atoms with E-state index in [1.165, 1.54) is 24.8 Å². The molecule has 158 valence electrons. The van der Waals surface area contributed by atoms with E-state index in [1.54, 1.807) is 0 Å². The fraction of sp³-hybridized carbons (Fsp3) is 0.720. The molecule has 2 N–H and O–H groups in total. The number of piperidine rings is 1. The van der Waals surface area contributed by atoms with Crippen LogP contribution in [0, 0.1) is 22.7 Å². The number of Topliss-reactive ketones (excluding diaryl/α,β-unsaturated/α-hetero) is 1. The summed E-state index contributed by atoms with van der Waals surface area (Å²) in [4.78, 5) is 13.9. The summed E-state index contributed by atoms with van der Waals surface area (Å²) >= 11 is 6.30. The first-order valence-corrected chi connectivity index (χ1v) is 12.1. The zero-order valence-corrected chi connectivity index (χ0v) is 18.1. The molecule has 6 rings (SSSR count). The molecule has 4 saturated carbocycles. The van der Waals surface area contributed by atoms with Gasteiger partial charge in [-0.3, -0.25) is 4.79 Å². The number of rotatable bonds is 6. The maximum Gasteiger partial charge on any atom is 0.139 e. The first-order chi connectivity index (χ1) is 14.0. The molecule has 0 spiro atoms. The predicted octanol–water partition coefficient (Wildman–Crippen LogP) is 4.45. The highest BCUT2D eigenvalue weighted by Crippen LogP contribution is 2.71. The number of carbonyl (C=O) groups excluding carboxylic acids is 1. The van der Waals surface area contributed by atoms with Gasteiger partial charge in [0.1, 0.15) is 5.78 Å². The monoisotopic (exact) mass is 415 g/mol. The average Bonchev–Trinajstić information content (AvgIpc) is 2.69. The summed E-state index contributed by atoms with van der Waals surface area (Å²) < 4.78 is 0. The molecule has 1 heterocycles. The number of carbonyl (C=O) groups is 1. The SMILES string of the molecule is O=C(C[C@@H]1CCNC[C@H]1O)C12CC3C[C@@](CCCl)(C1)C[C@](c1ccccc1)(C3)C2. The number of aliphatic hydroxyl groups is 1. The molecule has 1 aliphatic heterocycles. The van der Waals surface area contributed by atoms with Crippen LogP contribution in [0.4, 0.5) is 0 Å². The first-order valence-electron chi connectivity index (χ1n) is 11.5. The molecule has 5 aliphatic rings. The maximum absolute atomic E-state index is 13.9. The molecule has 3 nitrogen and oxygen atoms in total. The zero-order chi connectivity index (χ0) is 20.1. The van der Waals surface area contributed by atoms with E-state index >= 15 is 0 Å². The summed E-state index contributed by atoms with van der Waals surface area (Å²) in [6.07, 6.45) is 8.86. The second-order valence-electron chi connectivity index (χ2n) is 10.8. The van der Waals surface area contributed by atoms with Gasteiger partial charge in [0.15, 0.2) is 0 Å². The summed E-state index contributed by atoms with van der Waals surface area (Å²) in [6, 6.07) is 11.0. The van der Waals surface area contributed by atoms with Gasteiger partial charge in [0, 0.05) is 24.3 Å². The van der Waals surface area contributed by atoms with Crippen molar-refractivity contribution >= 4 is 17.4 Å². The highest BCUT2D eigenvalue weighted by atomic mass is 35.5. The average molecular weight is 416 g/mol. The van der Waals surface area contributed by atoms with Gasteiger partial charge in [-0.1, -0.05) is 30.3 Å². The van der Waals surface area contributed by atoms with Crippen molar-refractivity contribution in [3.63, 3.8) is 0 Å². The van der Waals surface area contributed by atoms with Crippen molar-refractivity contribution in [1.29, 1.82) is 0 Å². The lowest BCUT2D eigenvalue weighted by molar-refractivity contribution is -0.162. The summed E-state index contributed by atoms with van der Waals surface area (Å²) in [5.41, 5.74) is 1.59. The number of aliphatic hydroxyl groups excluding tert-OH is 1. The van der Waals surface area contributed by atoms with E-state index in [0.29, 0.717) is 30.5 Å². The topological polar surface area (TPSA) is 49.3 Å². The fourth-order valence-corrected chi connectivity index (χ4v) is 8.53. The van der Waals surface area contributed by atoms with Crippen molar-refractivity contribution in [3.8, 4) is 0 Å². The van der Waals surface area contributed by atoms with Gasteiger partial charge in [0.25, 0.3) is 0 Å². The van der Waals surface area contributed by atoms with Crippen LogP contribution < -0.4 is 5.32 Å². The van der Waals surface area contributed by atoms with Crippen LogP contribution in [0.2, 0.25) is 0 Å². The minimum Gasteiger partial charge on any atom is -0.392 e. The van der Waals surface area contributed by atoms with E-state index in [0.717, 1.165) is 38.6 Å². The second kappa shape index (κ2) is 7.35. The molecule has 6 atom stereocenters. The number of hydrogen-bond donors (Lipinski definition) is 2. The summed E-state index contributed by atoms with van der Waals surface area (Å²) in [7, 11) is 0. The number of β-amino-alcohol motifs (C(OH)–C–C–N with tert-alkyl or cyclic N) is 1. The molecular formula is C25H34ClNO2. The minimum atomic E-state index is -0.388. The Labute approximate surface area is 179 Å². The Balaban J connectivity index is 1.48. The van der Waals surface area contributed by atoms with Gasteiger partial charge in [-0.15, -0.1) is 11.6 Å². The molecule has 1 aromatic carbocycles. The Morgan fingerprint density at radius 3 is 2.72 bits per heavy atom. The zero-order valence-electron chi connectivity index (χ0n) is 17.3. The highest BCUT2D eigenvalue weighted by molar-refractivity contribution is 6.17. The van der Waals surface area contributed by atoms with E-state index in [-0.39, 0.29) is 28.3 Å². The molecule has 4 aliphatic carbocycles. The third-order valence-electron chi connectivity index (χ3n) is 8.82. The molecule has 1 aromatic rings. The van der Waals surface area contributed by atoms with Crippen LogP contribution in [-0.2, 0) is 10.2 Å². The number of nitrogens with one attached hydrogen (secondary N) is 1. The molecule has 29 heavy (non-hydrogen) atoms. The largest absolute Gasteiger partial charge is 0.392 e. The van der Waals surface area contributed by atoms with Gasteiger partial charge >= 0.3 is 0 Å². The van der Waals surface area contributed by atoms with Gasteiger partial charge in [-0.2, -0.15) is 0 Å². The van der Waals surface area contributed by atoms with Crippen molar-refractivity contribution in [2.75, 3.05) is 19.0 Å². The number of hydrogen-bond acceptors (Lipinski definition) is 3. The molecule has 5 fully saturated rings. The van der Waals surface area contributed by atoms with Gasteiger partial charge in [0.2, 0.25) is 0 Å². The van der Waals surface area contributed by atoms with E-state index in [2.05, 4.69) is 35.6 Å².